The molecular formula is C19H16N2O. The summed E-state index contributed by atoms with van der Waals surface area (Å²) in [7, 11) is 1.89. The normalized spacial score (nSPS) is 10.2. The van der Waals surface area contributed by atoms with Crippen LogP contribution in [0.15, 0.2) is 60.9 Å². The molecule has 0 saturated heterocycles. The first kappa shape index (κ1) is 14.0. The zero-order valence-corrected chi connectivity index (χ0v) is 12.4. The van der Waals surface area contributed by atoms with Crippen molar-refractivity contribution < 1.29 is 4.74 Å². The topological polar surface area (TPSA) is 27.1 Å². The zero-order valence-electron chi connectivity index (χ0n) is 12.4. The van der Waals surface area contributed by atoms with Gasteiger partial charge in [0.05, 0.1) is 6.20 Å². The third-order valence-corrected chi connectivity index (χ3v) is 3.36. The van der Waals surface area contributed by atoms with Gasteiger partial charge in [0.2, 0.25) is 0 Å². The minimum atomic E-state index is 0.515. The molecule has 1 heterocycles. The largest absolute Gasteiger partial charge is 0.489 e. The summed E-state index contributed by atoms with van der Waals surface area (Å²) in [6.07, 6.45) is 9.32. The van der Waals surface area contributed by atoms with E-state index in [4.69, 9.17) is 11.2 Å². The number of nitrogens with zero attached hydrogens (tertiary/aromatic N) is 2. The summed E-state index contributed by atoms with van der Waals surface area (Å²) in [5.41, 5.74) is 3.94. The predicted molar refractivity (Wildman–Crippen MR) is 87.4 cm³/mol. The second kappa shape index (κ2) is 6.19. The molecule has 3 nitrogen and oxygen atoms in total. The Labute approximate surface area is 130 Å². The Morgan fingerprint density at radius 1 is 1.14 bits per heavy atom. The quantitative estimate of drug-likeness (QED) is 0.685. The minimum Gasteiger partial charge on any atom is -0.489 e. The van der Waals surface area contributed by atoms with Crippen LogP contribution in [0.5, 0.6) is 5.75 Å². The van der Waals surface area contributed by atoms with Crippen LogP contribution < -0.4 is 4.74 Å². The molecule has 1 aromatic heterocycles. The van der Waals surface area contributed by atoms with E-state index in [0.717, 1.165) is 28.0 Å². The molecule has 0 atom stereocenters. The van der Waals surface area contributed by atoms with E-state index in [1.54, 1.807) is 4.68 Å². The van der Waals surface area contributed by atoms with Gasteiger partial charge in [-0.15, -0.1) is 6.42 Å². The van der Waals surface area contributed by atoms with Crippen molar-refractivity contribution in [2.75, 3.05) is 0 Å². The molecule has 0 amide bonds. The molecule has 0 saturated carbocycles. The van der Waals surface area contributed by atoms with Crippen molar-refractivity contribution in [3.63, 3.8) is 0 Å². The van der Waals surface area contributed by atoms with Crippen LogP contribution >= 0.6 is 0 Å². The van der Waals surface area contributed by atoms with Crippen LogP contribution in [0, 0.1) is 12.3 Å². The second-order valence-electron chi connectivity index (χ2n) is 5.07. The number of aromatic nitrogens is 2. The molecule has 0 spiro atoms. The summed E-state index contributed by atoms with van der Waals surface area (Å²) >= 11 is 0. The van der Waals surface area contributed by atoms with Gasteiger partial charge in [0, 0.05) is 24.4 Å². The van der Waals surface area contributed by atoms with Gasteiger partial charge in [-0.1, -0.05) is 36.3 Å². The first-order valence-electron chi connectivity index (χ1n) is 7.02. The summed E-state index contributed by atoms with van der Waals surface area (Å²) in [5, 5.41) is 4.20. The van der Waals surface area contributed by atoms with E-state index < -0.39 is 0 Å². The van der Waals surface area contributed by atoms with Crippen molar-refractivity contribution in [1.29, 1.82) is 0 Å². The van der Waals surface area contributed by atoms with Crippen LogP contribution in [0.1, 0.15) is 11.1 Å². The number of hydrogen-bond acceptors (Lipinski definition) is 2. The summed E-state index contributed by atoms with van der Waals surface area (Å²) in [5.74, 6) is 3.44. The van der Waals surface area contributed by atoms with Gasteiger partial charge in [-0.25, -0.2) is 0 Å². The van der Waals surface area contributed by atoms with Crippen molar-refractivity contribution in [2.45, 2.75) is 6.61 Å². The minimum absolute atomic E-state index is 0.515. The zero-order chi connectivity index (χ0) is 15.4. The van der Waals surface area contributed by atoms with Crippen LogP contribution in [-0.2, 0) is 13.7 Å². The van der Waals surface area contributed by atoms with Gasteiger partial charge in [0.1, 0.15) is 12.4 Å². The van der Waals surface area contributed by atoms with Crippen molar-refractivity contribution >= 4 is 0 Å². The lowest BCUT2D eigenvalue weighted by Crippen LogP contribution is -1.96. The number of benzene rings is 2. The van der Waals surface area contributed by atoms with Crippen molar-refractivity contribution in [3.05, 3.63) is 72.1 Å². The molecule has 3 rings (SSSR count). The highest BCUT2D eigenvalue weighted by molar-refractivity contribution is 5.66. The van der Waals surface area contributed by atoms with Crippen molar-refractivity contribution in [2.24, 2.45) is 7.05 Å². The molecule has 0 aliphatic rings. The van der Waals surface area contributed by atoms with Gasteiger partial charge in [0.25, 0.3) is 0 Å². The van der Waals surface area contributed by atoms with Crippen molar-refractivity contribution in [1.82, 2.24) is 9.78 Å². The number of hydrogen-bond donors (Lipinski definition) is 0. The van der Waals surface area contributed by atoms with Gasteiger partial charge >= 0.3 is 0 Å². The van der Waals surface area contributed by atoms with Crippen LogP contribution in [0.4, 0.5) is 0 Å². The highest BCUT2D eigenvalue weighted by Crippen LogP contribution is 2.26. The molecule has 0 bridgehead atoms. The first-order chi connectivity index (χ1) is 10.7. The van der Waals surface area contributed by atoms with Gasteiger partial charge < -0.3 is 4.74 Å². The Balaban J connectivity index is 1.86. The summed E-state index contributed by atoms with van der Waals surface area (Å²) < 4.78 is 7.65. The summed E-state index contributed by atoms with van der Waals surface area (Å²) in [6, 6.07) is 15.9. The molecule has 0 radical (unpaired) electrons. The van der Waals surface area contributed by atoms with E-state index in [1.165, 1.54) is 0 Å². The predicted octanol–water partition coefficient (Wildman–Crippen LogP) is 3.65. The van der Waals surface area contributed by atoms with E-state index in [0.29, 0.717) is 6.61 Å². The molecule has 0 N–H and O–H groups in total. The number of aryl methyl sites for hydroxylation is 1. The highest BCUT2D eigenvalue weighted by atomic mass is 16.5. The Bertz CT molecular complexity index is 813. The number of ether oxygens (including phenoxy) is 1. The summed E-state index contributed by atoms with van der Waals surface area (Å²) in [4.78, 5) is 0. The number of rotatable bonds is 4. The molecule has 3 heteroatoms. The number of terminal acetylenes is 1. The Kier molecular flexibility index (Phi) is 3.93. The maximum Gasteiger partial charge on any atom is 0.121 e. The maximum atomic E-state index is 5.88. The molecule has 3 aromatic rings. The summed E-state index contributed by atoms with van der Waals surface area (Å²) in [6.45, 7) is 0.515. The average Bonchev–Trinajstić information content (AvgIpc) is 3.00. The Morgan fingerprint density at radius 2 is 1.95 bits per heavy atom. The van der Waals surface area contributed by atoms with Gasteiger partial charge in [-0.05, 0) is 29.3 Å². The average molecular weight is 288 g/mol. The molecule has 0 aliphatic carbocycles. The van der Waals surface area contributed by atoms with Gasteiger partial charge in [-0.3, -0.25) is 4.68 Å². The van der Waals surface area contributed by atoms with E-state index in [9.17, 15) is 0 Å². The molecule has 0 aliphatic heterocycles. The lowest BCUT2D eigenvalue weighted by atomic mass is 10.1. The lowest BCUT2D eigenvalue weighted by Gasteiger charge is -2.09. The van der Waals surface area contributed by atoms with Crippen LogP contribution in [0.2, 0.25) is 0 Å². The third-order valence-electron chi connectivity index (χ3n) is 3.36. The molecule has 22 heavy (non-hydrogen) atoms. The monoisotopic (exact) mass is 288 g/mol. The van der Waals surface area contributed by atoms with E-state index in [-0.39, 0.29) is 0 Å². The maximum absolute atomic E-state index is 5.88. The smallest absolute Gasteiger partial charge is 0.121 e. The fourth-order valence-electron chi connectivity index (χ4n) is 2.24. The molecular weight excluding hydrogens is 272 g/mol. The third kappa shape index (κ3) is 3.18. The molecule has 2 aromatic carbocycles. The Morgan fingerprint density at radius 3 is 2.64 bits per heavy atom. The van der Waals surface area contributed by atoms with Crippen LogP contribution in [-0.4, -0.2) is 9.78 Å². The Hall–Kier alpha value is -2.99. The standard InChI is InChI=1S/C19H16N2O/c1-3-15-9-17(18-12-20-21(2)13-18)11-19(10-15)22-14-16-7-5-4-6-8-16/h1,4-13H,14H2,2H3. The molecule has 0 unspecified atom stereocenters. The van der Waals surface area contributed by atoms with E-state index >= 15 is 0 Å². The van der Waals surface area contributed by atoms with E-state index in [2.05, 4.69) is 11.0 Å². The SMILES string of the molecule is C#Cc1cc(OCc2ccccc2)cc(-c2cnn(C)c2)c1. The van der Waals surface area contributed by atoms with Crippen LogP contribution in [0.3, 0.4) is 0 Å². The fraction of sp³-hybridized carbons (Fsp3) is 0.105. The molecule has 0 fully saturated rings. The van der Waals surface area contributed by atoms with Gasteiger partial charge in [0.15, 0.2) is 0 Å². The van der Waals surface area contributed by atoms with Crippen molar-refractivity contribution in [3.8, 4) is 29.2 Å². The van der Waals surface area contributed by atoms with Gasteiger partial charge in [-0.2, -0.15) is 5.10 Å². The first-order valence-corrected chi connectivity index (χ1v) is 7.02. The van der Waals surface area contributed by atoms with E-state index in [1.807, 2.05) is 68.0 Å². The second-order valence-corrected chi connectivity index (χ2v) is 5.07. The fourth-order valence-corrected chi connectivity index (χ4v) is 2.24. The highest BCUT2D eigenvalue weighted by Gasteiger charge is 2.05. The lowest BCUT2D eigenvalue weighted by molar-refractivity contribution is 0.306. The molecule has 108 valence electrons. The van der Waals surface area contributed by atoms with Crippen LogP contribution in [0.25, 0.3) is 11.1 Å².